The SMILES string of the molecule is COc1ccc(OC)c(CC(=O)N(Cc2cccnc2)Cc2ccco2)c1. The Morgan fingerprint density at radius 1 is 1.11 bits per heavy atom. The van der Waals surface area contributed by atoms with Crippen LogP contribution in [0.1, 0.15) is 16.9 Å². The first kappa shape index (κ1) is 18.5. The minimum absolute atomic E-state index is 0.0400. The minimum Gasteiger partial charge on any atom is -0.497 e. The molecule has 0 unspecified atom stereocenters. The highest BCUT2D eigenvalue weighted by Crippen LogP contribution is 2.25. The van der Waals surface area contributed by atoms with Gasteiger partial charge in [-0.3, -0.25) is 9.78 Å². The summed E-state index contributed by atoms with van der Waals surface area (Å²) in [6.07, 6.45) is 5.27. The summed E-state index contributed by atoms with van der Waals surface area (Å²) in [5.74, 6) is 2.03. The van der Waals surface area contributed by atoms with Gasteiger partial charge in [-0.25, -0.2) is 0 Å². The fourth-order valence-electron chi connectivity index (χ4n) is 2.83. The average molecular weight is 366 g/mol. The Morgan fingerprint density at radius 3 is 2.67 bits per heavy atom. The smallest absolute Gasteiger partial charge is 0.227 e. The van der Waals surface area contributed by atoms with Gasteiger partial charge in [0, 0.05) is 24.5 Å². The van der Waals surface area contributed by atoms with Gasteiger partial charge in [0.15, 0.2) is 0 Å². The Hall–Kier alpha value is -3.28. The molecular formula is C21H22N2O4. The predicted molar refractivity (Wildman–Crippen MR) is 100 cm³/mol. The maximum Gasteiger partial charge on any atom is 0.227 e. The first-order valence-electron chi connectivity index (χ1n) is 8.59. The maximum absolute atomic E-state index is 13.1. The molecule has 0 spiro atoms. The van der Waals surface area contributed by atoms with Crippen molar-refractivity contribution >= 4 is 5.91 Å². The number of carbonyl (C=O) groups excluding carboxylic acids is 1. The number of carbonyl (C=O) groups is 1. The van der Waals surface area contributed by atoms with Gasteiger partial charge in [-0.2, -0.15) is 0 Å². The summed E-state index contributed by atoms with van der Waals surface area (Å²) >= 11 is 0. The Labute approximate surface area is 158 Å². The van der Waals surface area contributed by atoms with Gasteiger partial charge in [-0.15, -0.1) is 0 Å². The Bertz CT molecular complexity index is 863. The third-order valence-corrected chi connectivity index (χ3v) is 4.20. The van der Waals surface area contributed by atoms with Crippen LogP contribution in [0, 0.1) is 0 Å². The average Bonchev–Trinajstić information content (AvgIpc) is 3.21. The Balaban J connectivity index is 1.82. The third kappa shape index (κ3) is 4.88. The van der Waals surface area contributed by atoms with Crippen molar-refractivity contribution < 1.29 is 18.7 Å². The molecule has 140 valence electrons. The molecule has 0 aliphatic heterocycles. The largest absolute Gasteiger partial charge is 0.497 e. The van der Waals surface area contributed by atoms with E-state index in [-0.39, 0.29) is 12.3 Å². The lowest BCUT2D eigenvalue weighted by Crippen LogP contribution is -2.31. The highest BCUT2D eigenvalue weighted by molar-refractivity contribution is 5.79. The normalized spacial score (nSPS) is 10.4. The fourth-order valence-corrected chi connectivity index (χ4v) is 2.83. The Kier molecular flexibility index (Phi) is 6.10. The third-order valence-electron chi connectivity index (χ3n) is 4.20. The number of ether oxygens (including phenoxy) is 2. The van der Waals surface area contributed by atoms with Crippen molar-refractivity contribution in [1.82, 2.24) is 9.88 Å². The number of hydrogen-bond acceptors (Lipinski definition) is 5. The topological polar surface area (TPSA) is 64.8 Å². The molecule has 6 heteroatoms. The fraction of sp³-hybridized carbons (Fsp3) is 0.238. The number of pyridine rings is 1. The van der Waals surface area contributed by atoms with Crippen LogP contribution in [0.15, 0.2) is 65.5 Å². The zero-order valence-corrected chi connectivity index (χ0v) is 15.4. The second-order valence-electron chi connectivity index (χ2n) is 6.04. The van der Waals surface area contributed by atoms with E-state index in [1.54, 1.807) is 43.8 Å². The monoisotopic (exact) mass is 366 g/mol. The summed E-state index contributed by atoms with van der Waals surface area (Å²) in [5, 5.41) is 0. The molecule has 0 bridgehead atoms. The number of aromatic nitrogens is 1. The quantitative estimate of drug-likeness (QED) is 0.611. The van der Waals surface area contributed by atoms with Crippen molar-refractivity contribution in [3.05, 3.63) is 78.0 Å². The van der Waals surface area contributed by atoms with E-state index in [4.69, 9.17) is 13.9 Å². The van der Waals surface area contributed by atoms with Crippen LogP contribution >= 0.6 is 0 Å². The molecule has 0 aliphatic rings. The summed E-state index contributed by atoms with van der Waals surface area (Å²) in [7, 11) is 3.19. The molecule has 3 aromatic rings. The van der Waals surface area contributed by atoms with Crippen LogP contribution in [0.4, 0.5) is 0 Å². The number of amides is 1. The van der Waals surface area contributed by atoms with Crippen molar-refractivity contribution in [2.45, 2.75) is 19.5 Å². The van der Waals surface area contributed by atoms with Crippen LogP contribution in [0.5, 0.6) is 11.5 Å². The lowest BCUT2D eigenvalue weighted by atomic mass is 10.1. The van der Waals surface area contributed by atoms with E-state index in [2.05, 4.69) is 4.98 Å². The number of nitrogens with zero attached hydrogens (tertiary/aromatic N) is 2. The van der Waals surface area contributed by atoms with Crippen LogP contribution in [-0.4, -0.2) is 30.0 Å². The molecular weight excluding hydrogens is 344 g/mol. The lowest BCUT2D eigenvalue weighted by molar-refractivity contribution is -0.132. The second-order valence-corrected chi connectivity index (χ2v) is 6.04. The molecule has 3 rings (SSSR count). The van der Waals surface area contributed by atoms with Crippen molar-refractivity contribution in [2.75, 3.05) is 14.2 Å². The molecule has 0 saturated heterocycles. The first-order chi connectivity index (χ1) is 13.2. The van der Waals surface area contributed by atoms with E-state index in [0.717, 1.165) is 16.9 Å². The van der Waals surface area contributed by atoms with Crippen LogP contribution in [-0.2, 0) is 24.3 Å². The molecule has 0 saturated carbocycles. The predicted octanol–water partition coefficient (Wildman–Crippen LogP) is 3.46. The van der Waals surface area contributed by atoms with Gasteiger partial charge in [-0.05, 0) is 42.0 Å². The highest BCUT2D eigenvalue weighted by atomic mass is 16.5. The highest BCUT2D eigenvalue weighted by Gasteiger charge is 2.19. The molecule has 2 aromatic heterocycles. The van der Waals surface area contributed by atoms with Crippen LogP contribution < -0.4 is 9.47 Å². The summed E-state index contributed by atoms with van der Waals surface area (Å²) in [6.45, 7) is 0.826. The van der Waals surface area contributed by atoms with E-state index < -0.39 is 0 Å². The number of methoxy groups -OCH3 is 2. The van der Waals surface area contributed by atoms with E-state index in [0.29, 0.717) is 24.6 Å². The lowest BCUT2D eigenvalue weighted by Gasteiger charge is -2.22. The number of hydrogen-bond donors (Lipinski definition) is 0. The van der Waals surface area contributed by atoms with E-state index in [1.807, 2.05) is 36.4 Å². The van der Waals surface area contributed by atoms with Crippen LogP contribution in [0.3, 0.4) is 0 Å². The summed E-state index contributed by atoms with van der Waals surface area (Å²) in [5.41, 5.74) is 1.73. The minimum atomic E-state index is -0.0400. The zero-order chi connectivity index (χ0) is 19.1. The molecule has 2 heterocycles. The molecule has 1 aromatic carbocycles. The van der Waals surface area contributed by atoms with Crippen molar-refractivity contribution in [3.8, 4) is 11.5 Å². The summed E-state index contributed by atoms with van der Waals surface area (Å²) in [6, 6.07) is 12.9. The molecule has 0 fully saturated rings. The summed E-state index contributed by atoms with van der Waals surface area (Å²) < 4.78 is 16.1. The molecule has 0 N–H and O–H groups in total. The molecule has 0 radical (unpaired) electrons. The maximum atomic E-state index is 13.1. The van der Waals surface area contributed by atoms with Crippen molar-refractivity contribution in [3.63, 3.8) is 0 Å². The van der Waals surface area contributed by atoms with E-state index in [9.17, 15) is 4.79 Å². The molecule has 0 atom stereocenters. The van der Waals surface area contributed by atoms with Crippen LogP contribution in [0.2, 0.25) is 0 Å². The van der Waals surface area contributed by atoms with Gasteiger partial charge in [-0.1, -0.05) is 6.07 Å². The van der Waals surface area contributed by atoms with Gasteiger partial charge in [0.25, 0.3) is 0 Å². The summed E-state index contributed by atoms with van der Waals surface area (Å²) in [4.78, 5) is 19.0. The van der Waals surface area contributed by atoms with Gasteiger partial charge >= 0.3 is 0 Å². The van der Waals surface area contributed by atoms with Gasteiger partial charge in [0.05, 0.1) is 33.4 Å². The molecule has 27 heavy (non-hydrogen) atoms. The standard InChI is InChI=1S/C21H22N2O4/c1-25-18-7-8-20(26-2)17(11-18)12-21(24)23(15-19-6-4-10-27-19)14-16-5-3-9-22-13-16/h3-11,13H,12,14-15H2,1-2H3. The number of furan rings is 1. The first-order valence-corrected chi connectivity index (χ1v) is 8.59. The van der Waals surface area contributed by atoms with Crippen LogP contribution in [0.25, 0.3) is 0 Å². The Morgan fingerprint density at radius 2 is 2.00 bits per heavy atom. The van der Waals surface area contributed by atoms with Gasteiger partial charge in [0.2, 0.25) is 5.91 Å². The van der Waals surface area contributed by atoms with Crippen molar-refractivity contribution in [1.29, 1.82) is 0 Å². The number of rotatable bonds is 8. The second kappa shape index (κ2) is 8.89. The molecule has 6 nitrogen and oxygen atoms in total. The van der Waals surface area contributed by atoms with E-state index in [1.165, 1.54) is 0 Å². The van der Waals surface area contributed by atoms with Gasteiger partial charge in [0.1, 0.15) is 17.3 Å². The van der Waals surface area contributed by atoms with Crippen molar-refractivity contribution in [2.24, 2.45) is 0 Å². The number of benzene rings is 1. The zero-order valence-electron chi connectivity index (χ0n) is 15.4. The molecule has 0 aliphatic carbocycles. The van der Waals surface area contributed by atoms with Gasteiger partial charge < -0.3 is 18.8 Å². The van der Waals surface area contributed by atoms with E-state index >= 15 is 0 Å². The molecule has 1 amide bonds.